The van der Waals surface area contributed by atoms with E-state index >= 15 is 0 Å². The highest BCUT2D eigenvalue weighted by Gasteiger charge is 2.25. The lowest BCUT2D eigenvalue weighted by atomic mass is 9.98. The zero-order valence-electron chi connectivity index (χ0n) is 15.7. The van der Waals surface area contributed by atoms with Gasteiger partial charge in [-0.15, -0.1) is 0 Å². The zero-order chi connectivity index (χ0) is 19.4. The molecule has 2 saturated heterocycles. The van der Waals surface area contributed by atoms with Crippen molar-refractivity contribution in [2.45, 2.75) is 32.1 Å². The molecular weight excluding hydrogens is 388 g/mol. The number of aromatic nitrogens is 1. The molecule has 27 heavy (non-hydrogen) atoms. The second kappa shape index (κ2) is 8.75. The molecule has 2 fully saturated rings. The maximum atomic E-state index is 12.6. The van der Waals surface area contributed by atoms with Crippen LogP contribution in [0.1, 0.15) is 42.5 Å². The Labute approximate surface area is 166 Å². The summed E-state index contributed by atoms with van der Waals surface area (Å²) < 4.78 is 25.2. The quantitative estimate of drug-likeness (QED) is 0.798. The number of nitrogens with zero attached hydrogens (tertiary/aromatic N) is 3. The fourth-order valence-corrected chi connectivity index (χ4v) is 4.58. The standard InChI is InChI=1S/C18H27ClN4O3S/c1-27(25,26)21-11-14-6-5-9-23(13-14)17-16(19)10-15(12-20-17)18(24)22-7-3-2-4-8-22/h10,12,14,21H,2-9,11,13H2,1H3. The van der Waals surface area contributed by atoms with E-state index in [0.29, 0.717) is 29.5 Å². The lowest BCUT2D eigenvalue weighted by Gasteiger charge is -2.34. The van der Waals surface area contributed by atoms with Crippen LogP contribution >= 0.6 is 11.6 Å². The van der Waals surface area contributed by atoms with Gasteiger partial charge in [0.25, 0.3) is 5.91 Å². The summed E-state index contributed by atoms with van der Waals surface area (Å²) in [6.07, 6.45) is 7.95. The summed E-state index contributed by atoms with van der Waals surface area (Å²) >= 11 is 6.46. The van der Waals surface area contributed by atoms with Crippen molar-refractivity contribution in [3.05, 3.63) is 22.8 Å². The molecule has 2 aliphatic rings. The van der Waals surface area contributed by atoms with Gasteiger partial charge in [-0.3, -0.25) is 4.79 Å². The van der Waals surface area contributed by atoms with Gasteiger partial charge >= 0.3 is 0 Å². The number of sulfonamides is 1. The number of hydrogen-bond acceptors (Lipinski definition) is 5. The molecule has 0 aliphatic carbocycles. The molecule has 0 saturated carbocycles. The Morgan fingerprint density at radius 3 is 2.67 bits per heavy atom. The molecule has 3 heterocycles. The van der Waals surface area contributed by atoms with Gasteiger partial charge in [-0.25, -0.2) is 18.1 Å². The fraction of sp³-hybridized carbons (Fsp3) is 0.667. The Morgan fingerprint density at radius 2 is 2.00 bits per heavy atom. The number of hydrogen-bond donors (Lipinski definition) is 1. The lowest BCUT2D eigenvalue weighted by molar-refractivity contribution is 0.0724. The van der Waals surface area contributed by atoms with Crippen LogP contribution < -0.4 is 9.62 Å². The molecule has 1 unspecified atom stereocenters. The molecule has 1 atom stereocenters. The predicted octanol–water partition coefficient (Wildman–Crippen LogP) is 2.13. The minimum atomic E-state index is -3.19. The molecule has 1 amide bonds. The maximum Gasteiger partial charge on any atom is 0.255 e. The highest BCUT2D eigenvalue weighted by atomic mass is 35.5. The van der Waals surface area contributed by atoms with Crippen molar-refractivity contribution in [3.8, 4) is 0 Å². The first-order valence-corrected chi connectivity index (χ1v) is 11.7. The average molecular weight is 415 g/mol. The van der Waals surface area contributed by atoms with Crippen molar-refractivity contribution < 1.29 is 13.2 Å². The largest absolute Gasteiger partial charge is 0.355 e. The number of likely N-dealkylation sites (tertiary alicyclic amines) is 1. The smallest absolute Gasteiger partial charge is 0.255 e. The molecule has 0 radical (unpaired) electrons. The Hall–Kier alpha value is -1.38. The summed E-state index contributed by atoms with van der Waals surface area (Å²) in [5.74, 6) is 0.862. The minimum Gasteiger partial charge on any atom is -0.355 e. The fourth-order valence-electron chi connectivity index (χ4n) is 3.75. The summed E-state index contributed by atoms with van der Waals surface area (Å²) in [6, 6.07) is 1.71. The molecule has 2 aliphatic heterocycles. The molecule has 0 spiro atoms. The van der Waals surface area contributed by atoms with Crippen LogP contribution in [0.3, 0.4) is 0 Å². The number of anilines is 1. The Kier molecular flexibility index (Phi) is 6.60. The van der Waals surface area contributed by atoms with Gasteiger partial charge in [0, 0.05) is 38.9 Å². The Bertz CT molecular complexity index is 781. The van der Waals surface area contributed by atoms with E-state index in [0.717, 1.165) is 45.3 Å². The molecule has 1 aromatic rings. The first-order chi connectivity index (χ1) is 12.8. The summed E-state index contributed by atoms with van der Waals surface area (Å²) in [6.45, 7) is 3.51. The topological polar surface area (TPSA) is 82.6 Å². The highest BCUT2D eigenvalue weighted by Crippen LogP contribution is 2.29. The molecular formula is C18H27ClN4O3S. The van der Waals surface area contributed by atoms with E-state index in [4.69, 9.17) is 11.6 Å². The number of amides is 1. The number of halogens is 1. The molecule has 150 valence electrons. The van der Waals surface area contributed by atoms with E-state index in [2.05, 4.69) is 14.6 Å². The monoisotopic (exact) mass is 414 g/mol. The number of carbonyl (C=O) groups excluding carboxylic acids is 1. The van der Waals surface area contributed by atoms with Crippen molar-refractivity contribution in [2.75, 3.05) is 43.9 Å². The average Bonchev–Trinajstić information content (AvgIpc) is 2.66. The summed E-state index contributed by atoms with van der Waals surface area (Å²) in [5.41, 5.74) is 0.526. The van der Waals surface area contributed by atoms with Crippen LogP contribution in [0.2, 0.25) is 5.02 Å². The van der Waals surface area contributed by atoms with Crippen LogP contribution in [0.15, 0.2) is 12.3 Å². The van der Waals surface area contributed by atoms with Gasteiger partial charge in [-0.05, 0) is 44.1 Å². The van der Waals surface area contributed by atoms with E-state index in [-0.39, 0.29) is 11.8 Å². The SMILES string of the molecule is CS(=O)(=O)NCC1CCCN(c2ncc(C(=O)N3CCCCC3)cc2Cl)C1. The number of carbonyl (C=O) groups is 1. The second-order valence-electron chi connectivity index (χ2n) is 7.46. The molecule has 3 rings (SSSR count). The highest BCUT2D eigenvalue weighted by molar-refractivity contribution is 7.88. The van der Waals surface area contributed by atoms with Crippen molar-refractivity contribution >= 4 is 33.3 Å². The number of pyridine rings is 1. The van der Waals surface area contributed by atoms with Gasteiger partial charge in [0.2, 0.25) is 10.0 Å². The van der Waals surface area contributed by atoms with Crippen LogP contribution in [0, 0.1) is 5.92 Å². The van der Waals surface area contributed by atoms with Crippen molar-refractivity contribution in [1.82, 2.24) is 14.6 Å². The maximum absolute atomic E-state index is 12.6. The third-order valence-electron chi connectivity index (χ3n) is 5.16. The molecule has 9 heteroatoms. The molecule has 0 aromatic carbocycles. The zero-order valence-corrected chi connectivity index (χ0v) is 17.2. The van der Waals surface area contributed by atoms with Gasteiger partial charge in [0.15, 0.2) is 0 Å². The van der Waals surface area contributed by atoms with Crippen molar-refractivity contribution in [1.29, 1.82) is 0 Å². The molecule has 7 nitrogen and oxygen atoms in total. The minimum absolute atomic E-state index is 0.00970. The van der Waals surface area contributed by atoms with E-state index < -0.39 is 10.0 Å². The second-order valence-corrected chi connectivity index (χ2v) is 9.70. The normalized spacial score (nSPS) is 21.3. The van der Waals surface area contributed by atoms with Crippen LogP contribution in [-0.4, -0.2) is 63.2 Å². The van der Waals surface area contributed by atoms with E-state index in [1.165, 1.54) is 12.7 Å². The molecule has 0 bridgehead atoms. The third kappa shape index (κ3) is 5.56. The predicted molar refractivity (Wildman–Crippen MR) is 107 cm³/mol. The molecule has 1 aromatic heterocycles. The molecule has 1 N–H and O–H groups in total. The van der Waals surface area contributed by atoms with Crippen LogP contribution in [0.25, 0.3) is 0 Å². The van der Waals surface area contributed by atoms with Crippen LogP contribution in [-0.2, 0) is 10.0 Å². The first kappa shape index (κ1) is 20.4. The van der Waals surface area contributed by atoms with E-state index in [9.17, 15) is 13.2 Å². The van der Waals surface area contributed by atoms with Crippen molar-refractivity contribution in [3.63, 3.8) is 0 Å². The van der Waals surface area contributed by atoms with Crippen LogP contribution in [0.5, 0.6) is 0 Å². The first-order valence-electron chi connectivity index (χ1n) is 9.48. The number of rotatable bonds is 5. The van der Waals surface area contributed by atoms with Gasteiger partial charge < -0.3 is 9.80 Å². The van der Waals surface area contributed by atoms with Gasteiger partial charge in [0.05, 0.1) is 16.8 Å². The summed E-state index contributed by atoms with van der Waals surface area (Å²) in [5, 5.41) is 0.467. The van der Waals surface area contributed by atoms with Crippen molar-refractivity contribution in [2.24, 2.45) is 5.92 Å². The van der Waals surface area contributed by atoms with Gasteiger partial charge in [-0.1, -0.05) is 11.6 Å². The summed E-state index contributed by atoms with van der Waals surface area (Å²) in [4.78, 5) is 21.0. The lowest BCUT2D eigenvalue weighted by Crippen LogP contribution is -2.41. The Balaban J connectivity index is 1.66. The van der Waals surface area contributed by atoms with Crippen LogP contribution in [0.4, 0.5) is 5.82 Å². The summed E-state index contributed by atoms with van der Waals surface area (Å²) in [7, 11) is -3.19. The van der Waals surface area contributed by atoms with Gasteiger partial charge in [0.1, 0.15) is 5.82 Å². The third-order valence-corrected chi connectivity index (χ3v) is 6.13. The Morgan fingerprint density at radius 1 is 1.26 bits per heavy atom. The van der Waals surface area contributed by atoms with E-state index in [1.54, 1.807) is 12.3 Å². The number of nitrogens with one attached hydrogen (secondary N) is 1. The van der Waals surface area contributed by atoms with Gasteiger partial charge in [-0.2, -0.15) is 0 Å². The van der Waals surface area contributed by atoms with E-state index in [1.807, 2.05) is 4.90 Å². The number of piperidine rings is 2.